The van der Waals surface area contributed by atoms with Crippen molar-refractivity contribution < 1.29 is 14.4 Å². The Bertz CT molecular complexity index is 543. The Morgan fingerprint density at radius 1 is 1.55 bits per heavy atom. The van der Waals surface area contributed by atoms with Crippen molar-refractivity contribution in [2.45, 2.75) is 32.4 Å². The largest absolute Gasteiger partial charge is 0.337 e. The molecule has 108 valence electrons. The molecular weight excluding hydrogens is 280 g/mol. The second-order valence-corrected chi connectivity index (χ2v) is 5.63. The minimum absolute atomic E-state index is 0.152. The third-order valence-electron chi connectivity index (χ3n) is 2.93. The van der Waals surface area contributed by atoms with E-state index in [4.69, 9.17) is 0 Å². The van der Waals surface area contributed by atoms with E-state index in [-0.39, 0.29) is 18.2 Å². The Balaban J connectivity index is 1.98. The number of nitrogens with zero attached hydrogens (tertiary/aromatic N) is 2. The number of rotatable bonds is 3. The molecule has 2 rings (SSSR count). The zero-order valence-corrected chi connectivity index (χ0v) is 12.1. The van der Waals surface area contributed by atoms with E-state index < -0.39 is 12.1 Å². The Morgan fingerprint density at radius 3 is 2.95 bits per heavy atom. The van der Waals surface area contributed by atoms with Gasteiger partial charge in [-0.25, -0.2) is 9.78 Å². The first-order chi connectivity index (χ1) is 9.45. The quantitative estimate of drug-likeness (QED) is 0.844. The second-order valence-electron chi connectivity index (χ2n) is 4.69. The maximum atomic E-state index is 12.3. The van der Waals surface area contributed by atoms with Crippen LogP contribution in [0, 0.1) is 6.92 Å². The van der Waals surface area contributed by atoms with E-state index in [9.17, 15) is 14.4 Å². The van der Waals surface area contributed by atoms with Crippen LogP contribution in [0.1, 0.15) is 23.5 Å². The minimum Gasteiger partial charge on any atom is -0.337 e. The van der Waals surface area contributed by atoms with Crippen molar-refractivity contribution in [2.75, 3.05) is 7.05 Å². The van der Waals surface area contributed by atoms with Crippen molar-refractivity contribution in [1.29, 1.82) is 0 Å². The Kier molecular flexibility index (Phi) is 4.33. The fourth-order valence-corrected chi connectivity index (χ4v) is 2.76. The Hall–Kier alpha value is -1.96. The van der Waals surface area contributed by atoms with Gasteiger partial charge >= 0.3 is 6.03 Å². The molecule has 1 aliphatic heterocycles. The summed E-state index contributed by atoms with van der Waals surface area (Å²) < 4.78 is 0. The Labute approximate surface area is 120 Å². The summed E-state index contributed by atoms with van der Waals surface area (Å²) in [5.74, 6) is -0.585. The van der Waals surface area contributed by atoms with Gasteiger partial charge in [0.25, 0.3) is 0 Å². The number of nitrogens with one attached hydrogen (secondary N) is 2. The number of hydrogen-bond acceptors (Lipinski definition) is 5. The van der Waals surface area contributed by atoms with E-state index in [1.807, 2.05) is 12.3 Å². The first-order valence-corrected chi connectivity index (χ1v) is 7.10. The normalized spacial score (nSPS) is 19.0. The molecule has 0 aliphatic carbocycles. The van der Waals surface area contributed by atoms with E-state index in [1.165, 1.54) is 16.2 Å². The summed E-state index contributed by atoms with van der Waals surface area (Å²) in [6, 6.07) is -1.29. The molecule has 1 saturated heterocycles. The Morgan fingerprint density at radius 2 is 2.30 bits per heavy atom. The molecule has 0 aromatic carbocycles. The van der Waals surface area contributed by atoms with E-state index in [1.54, 1.807) is 7.05 Å². The highest BCUT2D eigenvalue weighted by Gasteiger charge is 2.28. The highest BCUT2D eigenvalue weighted by molar-refractivity contribution is 7.09. The zero-order valence-electron chi connectivity index (χ0n) is 11.3. The lowest BCUT2D eigenvalue weighted by Gasteiger charge is -2.22. The number of hydrogen-bond donors (Lipinski definition) is 2. The fourth-order valence-electron chi connectivity index (χ4n) is 1.94. The number of aromatic nitrogens is 1. The highest BCUT2D eigenvalue weighted by Crippen LogP contribution is 2.12. The van der Waals surface area contributed by atoms with Gasteiger partial charge in [0.15, 0.2) is 0 Å². The number of carbonyl (C=O) groups excluding carboxylic acids is 3. The molecule has 0 spiro atoms. The molecule has 20 heavy (non-hydrogen) atoms. The molecule has 1 fully saturated rings. The molecule has 0 bridgehead atoms. The molecule has 7 nitrogen and oxygen atoms in total. The van der Waals surface area contributed by atoms with Crippen LogP contribution in [0.3, 0.4) is 0 Å². The molecule has 8 heteroatoms. The van der Waals surface area contributed by atoms with Crippen molar-refractivity contribution in [3.8, 4) is 0 Å². The lowest BCUT2D eigenvalue weighted by atomic mass is 10.1. The summed E-state index contributed by atoms with van der Waals surface area (Å²) in [6.07, 6.45) is 0.455. The van der Waals surface area contributed by atoms with Crippen LogP contribution in [-0.2, 0) is 16.1 Å². The predicted molar refractivity (Wildman–Crippen MR) is 73.0 cm³/mol. The molecule has 2 heterocycles. The van der Waals surface area contributed by atoms with Crippen LogP contribution in [0.25, 0.3) is 0 Å². The maximum Gasteiger partial charge on any atom is 0.322 e. The third-order valence-corrected chi connectivity index (χ3v) is 3.88. The lowest BCUT2D eigenvalue weighted by molar-refractivity contribution is -0.132. The number of urea groups is 1. The van der Waals surface area contributed by atoms with Crippen molar-refractivity contribution in [3.05, 3.63) is 16.1 Å². The average Bonchev–Trinajstić information content (AvgIpc) is 2.70. The molecule has 0 radical (unpaired) electrons. The van der Waals surface area contributed by atoms with Gasteiger partial charge in [0.05, 0.1) is 6.54 Å². The first-order valence-electron chi connectivity index (χ1n) is 6.22. The van der Waals surface area contributed by atoms with Crippen LogP contribution in [0.15, 0.2) is 5.38 Å². The van der Waals surface area contributed by atoms with Gasteiger partial charge in [-0.15, -0.1) is 11.3 Å². The monoisotopic (exact) mass is 296 g/mol. The van der Waals surface area contributed by atoms with Crippen LogP contribution in [-0.4, -0.2) is 40.8 Å². The van der Waals surface area contributed by atoms with Crippen LogP contribution in [0.5, 0.6) is 0 Å². The van der Waals surface area contributed by atoms with Gasteiger partial charge in [0.1, 0.15) is 11.0 Å². The standard InChI is InChI=1S/C12H16N4O3S/c1-7-6-20-10(13-7)5-16(2)11(18)8-3-4-9(17)15-12(19)14-8/h6,8H,3-5H2,1-2H3,(H2,14,15,17,19)/t8-/m1/s1. The van der Waals surface area contributed by atoms with Gasteiger partial charge in [-0.1, -0.05) is 0 Å². The smallest absolute Gasteiger partial charge is 0.322 e. The summed E-state index contributed by atoms with van der Waals surface area (Å²) in [5.41, 5.74) is 0.920. The summed E-state index contributed by atoms with van der Waals surface area (Å²) in [6.45, 7) is 2.29. The molecule has 4 amide bonds. The number of imide groups is 1. The topological polar surface area (TPSA) is 91.4 Å². The van der Waals surface area contributed by atoms with Crippen molar-refractivity contribution in [3.63, 3.8) is 0 Å². The zero-order chi connectivity index (χ0) is 14.7. The van der Waals surface area contributed by atoms with Crippen molar-refractivity contribution in [1.82, 2.24) is 20.5 Å². The summed E-state index contributed by atoms with van der Waals surface area (Å²) in [5, 5.41) is 7.41. The van der Waals surface area contributed by atoms with Crippen LogP contribution in [0.4, 0.5) is 4.79 Å². The third kappa shape index (κ3) is 3.53. The number of amides is 4. The average molecular weight is 296 g/mol. The maximum absolute atomic E-state index is 12.3. The molecule has 1 aliphatic rings. The molecule has 1 aromatic heterocycles. The highest BCUT2D eigenvalue weighted by atomic mass is 32.1. The van der Waals surface area contributed by atoms with E-state index >= 15 is 0 Å². The van der Waals surface area contributed by atoms with Crippen LogP contribution in [0.2, 0.25) is 0 Å². The van der Waals surface area contributed by atoms with Gasteiger partial charge in [0, 0.05) is 24.5 Å². The molecule has 2 N–H and O–H groups in total. The fraction of sp³-hybridized carbons (Fsp3) is 0.500. The SMILES string of the molecule is Cc1csc(CN(C)C(=O)[C@H]2CCC(=O)NC(=O)N2)n1. The van der Waals surface area contributed by atoms with E-state index in [2.05, 4.69) is 15.6 Å². The minimum atomic E-state index is -0.674. The summed E-state index contributed by atoms with van der Waals surface area (Å²) in [4.78, 5) is 40.7. The van der Waals surface area contributed by atoms with Crippen molar-refractivity contribution >= 4 is 29.2 Å². The number of likely N-dealkylation sites (N-methyl/N-ethyl adjacent to an activating group) is 1. The number of aryl methyl sites for hydroxylation is 1. The van der Waals surface area contributed by atoms with Crippen molar-refractivity contribution in [2.24, 2.45) is 0 Å². The summed E-state index contributed by atoms with van der Waals surface area (Å²) in [7, 11) is 1.66. The molecule has 0 unspecified atom stereocenters. The van der Waals surface area contributed by atoms with E-state index in [0.29, 0.717) is 13.0 Å². The summed E-state index contributed by atoms with van der Waals surface area (Å²) >= 11 is 1.49. The van der Waals surface area contributed by atoms with Gasteiger partial charge in [0.2, 0.25) is 11.8 Å². The van der Waals surface area contributed by atoms with Gasteiger partial charge in [-0.3, -0.25) is 14.9 Å². The number of carbonyl (C=O) groups is 3. The van der Waals surface area contributed by atoms with Gasteiger partial charge < -0.3 is 10.2 Å². The number of thiazole rings is 1. The van der Waals surface area contributed by atoms with Crippen LogP contribution < -0.4 is 10.6 Å². The molecular formula is C12H16N4O3S. The van der Waals surface area contributed by atoms with E-state index in [0.717, 1.165) is 10.7 Å². The molecule has 0 saturated carbocycles. The lowest BCUT2D eigenvalue weighted by Crippen LogP contribution is -2.48. The second kappa shape index (κ2) is 6.00. The van der Waals surface area contributed by atoms with Gasteiger partial charge in [-0.2, -0.15) is 0 Å². The van der Waals surface area contributed by atoms with Crippen LogP contribution >= 0.6 is 11.3 Å². The molecule has 1 atom stereocenters. The predicted octanol–water partition coefficient (Wildman–Crippen LogP) is 0.398. The van der Waals surface area contributed by atoms with Gasteiger partial charge in [-0.05, 0) is 13.3 Å². The first kappa shape index (κ1) is 14.4. The molecule has 1 aromatic rings.